The molecule has 1 atom stereocenters. The van der Waals surface area contributed by atoms with Crippen LogP contribution in [0.3, 0.4) is 0 Å². The first kappa shape index (κ1) is 18.0. The van der Waals surface area contributed by atoms with Gasteiger partial charge in [-0.15, -0.1) is 0 Å². The van der Waals surface area contributed by atoms with Gasteiger partial charge in [0, 0.05) is 32.2 Å². The summed E-state index contributed by atoms with van der Waals surface area (Å²) in [6, 6.07) is 0.199. The van der Waals surface area contributed by atoms with Gasteiger partial charge in [-0.05, 0) is 87.4 Å². The van der Waals surface area contributed by atoms with Crippen molar-refractivity contribution in [2.24, 2.45) is 23.2 Å². The first-order valence-electron chi connectivity index (χ1n) is 11.3. The summed E-state index contributed by atoms with van der Waals surface area (Å²) in [5.74, 6) is 3.14. The predicted molar refractivity (Wildman–Crippen MR) is 102 cm³/mol. The van der Waals surface area contributed by atoms with E-state index in [0.29, 0.717) is 17.9 Å². The van der Waals surface area contributed by atoms with E-state index in [1.807, 2.05) is 0 Å². The van der Waals surface area contributed by atoms with Crippen LogP contribution in [-0.2, 0) is 14.3 Å². The molecule has 0 aromatic carbocycles. The predicted octanol–water partition coefficient (Wildman–Crippen LogP) is 2.88. The maximum Gasteiger partial charge on any atom is 0.249 e. The Bertz CT molecular complexity index is 555. The quantitative estimate of drug-likeness (QED) is 0.823. The third-order valence-electron chi connectivity index (χ3n) is 8.11. The number of carbonyl (C=O) groups is 2. The van der Waals surface area contributed by atoms with Crippen LogP contribution in [0.5, 0.6) is 0 Å². The minimum absolute atomic E-state index is 0.0471. The lowest BCUT2D eigenvalue weighted by molar-refractivity contribution is -0.140. The minimum atomic E-state index is -0.249. The molecule has 0 radical (unpaired) electrons. The molecule has 2 saturated heterocycles. The average molecular weight is 375 g/mol. The van der Waals surface area contributed by atoms with Crippen LogP contribution in [0.25, 0.3) is 0 Å². The molecule has 2 amide bonds. The largest absolute Gasteiger partial charge is 0.368 e. The number of ether oxygens (including phenoxy) is 1. The maximum atomic E-state index is 13.0. The molecule has 4 bridgehead atoms. The molecule has 0 spiro atoms. The van der Waals surface area contributed by atoms with E-state index in [0.717, 1.165) is 62.9 Å². The lowest BCUT2D eigenvalue weighted by Crippen LogP contribution is -2.51. The van der Waals surface area contributed by atoms with Crippen molar-refractivity contribution < 1.29 is 14.3 Å². The fourth-order valence-electron chi connectivity index (χ4n) is 7.29. The molecule has 27 heavy (non-hydrogen) atoms. The molecule has 0 aromatic heterocycles. The summed E-state index contributed by atoms with van der Waals surface area (Å²) in [7, 11) is 0. The smallest absolute Gasteiger partial charge is 0.249 e. The molecule has 6 fully saturated rings. The molecule has 6 aliphatic rings. The van der Waals surface area contributed by atoms with E-state index in [9.17, 15) is 9.59 Å². The van der Waals surface area contributed by atoms with Gasteiger partial charge >= 0.3 is 0 Å². The van der Waals surface area contributed by atoms with Crippen LogP contribution < -0.4 is 5.32 Å². The van der Waals surface area contributed by atoms with Gasteiger partial charge in [0.1, 0.15) is 6.10 Å². The topological polar surface area (TPSA) is 58.6 Å². The molecule has 4 aliphatic carbocycles. The highest BCUT2D eigenvalue weighted by atomic mass is 16.5. The first-order chi connectivity index (χ1) is 13.1. The number of amides is 2. The Balaban J connectivity index is 1.11. The summed E-state index contributed by atoms with van der Waals surface area (Å²) in [6.45, 7) is 2.29. The highest BCUT2D eigenvalue weighted by molar-refractivity contribution is 5.81. The van der Waals surface area contributed by atoms with Crippen molar-refractivity contribution in [3.8, 4) is 0 Å². The zero-order valence-corrected chi connectivity index (χ0v) is 16.5. The lowest BCUT2D eigenvalue weighted by Gasteiger charge is -2.57. The monoisotopic (exact) mass is 374 g/mol. The van der Waals surface area contributed by atoms with Gasteiger partial charge in [-0.2, -0.15) is 0 Å². The molecule has 2 heterocycles. The van der Waals surface area contributed by atoms with Crippen LogP contribution in [0.1, 0.15) is 70.6 Å². The van der Waals surface area contributed by atoms with Crippen LogP contribution >= 0.6 is 0 Å². The minimum Gasteiger partial charge on any atom is -0.368 e. The number of hydrogen-bond acceptors (Lipinski definition) is 3. The lowest BCUT2D eigenvalue weighted by atomic mass is 9.49. The number of piperidine rings is 1. The second kappa shape index (κ2) is 7.06. The number of carbonyl (C=O) groups excluding carboxylic acids is 2. The Morgan fingerprint density at radius 3 is 2.15 bits per heavy atom. The summed E-state index contributed by atoms with van der Waals surface area (Å²) in [4.78, 5) is 27.3. The second-order valence-corrected chi connectivity index (χ2v) is 10.3. The highest BCUT2D eigenvalue weighted by Crippen LogP contribution is 2.61. The van der Waals surface area contributed by atoms with Crippen molar-refractivity contribution in [1.82, 2.24) is 10.2 Å². The summed E-state index contributed by atoms with van der Waals surface area (Å²) >= 11 is 0. The molecule has 5 heteroatoms. The molecule has 1 unspecified atom stereocenters. The number of nitrogens with one attached hydrogen (secondary N) is 1. The van der Waals surface area contributed by atoms with E-state index in [2.05, 4.69) is 10.2 Å². The van der Waals surface area contributed by atoms with Crippen LogP contribution in [0.15, 0.2) is 0 Å². The Labute approximate surface area is 162 Å². The number of hydrogen-bond donors (Lipinski definition) is 1. The van der Waals surface area contributed by atoms with Gasteiger partial charge < -0.3 is 15.0 Å². The van der Waals surface area contributed by atoms with E-state index < -0.39 is 0 Å². The third-order valence-corrected chi connectivity index (χ3v) is 8.11. The van der Waals surface area contributed by atoms with E-state index in [1.54, 1.807) is 0 Å². The maximum absolute atomic E-state index is 13.0. The van der Waals surface area contributed by atoms with Crippen molar-refractivity contribution in [2.45, 2.75) is 82.8 Å². The molecule has 0 aromatic rings. The van der Waals surface area contributed by atoms with Gasteiger partial charge in [-0.3, -0.25) is 9.59 Å². The van der Waals surface area contributed by atoms with Crippen LogP contribution in [0.4, 0.5) is 0 Å². The van der Waals surface area contributed by atoms with E-state index in [-0.39, 0.29) is 18.1 Å². The summed E-state index contributed by atoms with van der Waals surface area (Å²) in [6.07, 6.45) is 12.3. The van der Waals surface area contributed by atoms with Crippen molar-refractivity contribution >= 4 is 11.8 Å². The molecular formula is C22H34N2O3. The number of nitrogens with zero attached hydrogens (tertiary/aromatic N) is 1. The molecule has 4 saturated carbocycles. The third kappa shape index (κ3) is 3.64. The number of rotatable bonds is 4. The Morgan fingerprint density at radius 2 is 1.59 bits per heavy atom. The van der Waals surface area contributed by atoms with E-state index >= 15 is 0 Å². The van der Waals surface area contributed by atoms with Crippen molar-refractivity contribution in [2.75, 3.05) is 19.7 Å². The fraction of sp³-hybridized carbons (Fsp3) is 0.909. The molecular weight excluding hydrogens is 340 g/mol. The van der Waals surface area contributed by atoms with E-state index in [1.165, 1.54) is 38.5 Å². The van der Waals surface area contributed by atoms with Gasteiger partial charge in [-0.25, -0.2) is 0 Å². The van der Waals surface area contributed by atoms with Gasteiger partial charge in [0.05, 0.1) is 0 Å². The zero-order valence-electron chi connectivity index (χ0n) is 16.5. The van der Waals surface area contributed by atoms with Gasteiger partial charge in [0.2, 0.25) is 11.8 Å². The Morgan fingerprint density at radius 1 is 0.963 bits per heavy atom. The zero-order chi connectivity index (χ0) is 18.4. The summed E-state index contributed by atoms with van der Waals surface area (Å²) < 4.78 is 5.47. The second-order valence-electron chi connectivity index (χ2n) is 10.3. The molecule has 1 N–H and O–H groups in total. The Kier molecular flexibility index (Phi) is 4.69. The van der Waals surface area contributed by atoms with Crippen LogP contribution in [0.2, 0.25) is 0 Å². The molecule has 6 rings (SSSR count). The highest BCUT2D eigenvalue weighted by Gasteiger charge is 2.51. The normalized spacial score (nSPS) is 41.1. The first-order valence-corrected chi connectivity index (χ1v) is 11.3. The summed E-state index contributed by atoms with van der Waals surface area (Å²) in [5, 5.41) is 3.14. The standard InChI is InChI=1S/C22H34N2O3/c25-20(14-22-11-15-8-16(12-22)10-17(9-15)13-22)24-5-3-18(4-6-24)23-21(26)19-2-1-7-27-19/h15-19H,1-14H2,(H,23,26). The molecule has 150 valence electrons. The SMILES string of the molecule is O=C(NC1CCN(C(=O)CC23CC4CC(CC(C4)C2)C3)CC1)C1CCCO1. The van der Waals surface area contributed by atoms with Crippen molar-refractivity contribution in [1.29, 1.82) is 0 Å². The number of likely N-dealkylation sites (tertiary alicyclic amines) is 1. The molecule has 2 aliphatic heterocycles. The van der Waals surface area contributed by atoms with Crippen LogP contribution in [0, 0.1) is 23.2 Å². The van der Waals surface area contributed by atoms with Crippen molar-refractivity contribution in [3.63, 3.8) is 0 Å². The van der Waals surface area contributed by atoms with E-state index in [4.69, 9.17) is 4.74 Å². The van der Waals surface area contributed by atoms with Gasteiger partial charge in [-0.1, -0.05) is 0 Å². The van der Waals surface area contributed by atoms with Crippen molar-refractivity contribution in [3.05, 3.63) is 0 Å². The summed E-state index contributed by atoms with van der Waals surface area (Å²) in [5.41, 5.74) is 0.330. The average Bonchev–Trinajstić information content (AvgIpc) is 3.15. The van der Waals surface area contributed by atoms with Gasteiger partial charge in [0.25, 0.3) is 0 Å². The Hall–Kier alpha value is -1.10. The fourth-order valence-corrected chi connectivity index (χ4v) is 7.29. The van der Waals surface area contributed by atoms with Crippen LogP contribution in [-0.4, -0.2) is 48.6 Å². The molecule has 5 nitrogen and oxygen atoms in total. The van der Waals surface area contributed by atoms with Gasteiger partial charge in [0.15, 0.2) is 0 Å².